The Labute approximate surface area is 173 Å². The van der Waals surface area contributed by atoms with Crippen molar-refractivity contribution in [2.24, 2.45) is 0 Å². The molecular formula is C23H22N4O3. The van der Waals surface area contributed by atoms with E-state index >= 15 is 0 Å². The Kier molecular flexibility index (Phi) is 5.10. The number of methoxy groups -OCH3 is 1. The monoisotopic (exact) mass is 402 g/mol. The van der Waals surface area contributed by atoms with Gasteiger partial charge >= 0.3 is 0 Å². The predicted octanol–water partition coefficient (Wildman–Crippen LogP) is 3.51. The Balaban J connectivity index is 1.53. The molecule has 0 fully saturated rings. The van der Waals surface area contributed by atoms with Crippen LogP contribution in [0.1, 0.15) is 21.7 Å². The van der Waals surface area contributed by atoms with Gasteiger partial charge in [-0.25, -0.2) is 4.98 Å². The Morgan fingerprint density at radius 3 is 2.53 bits per heavy atom. The average Bonchev–Trinajstić information content (AvgIpc) is 3.14. The first-order chi connectivity index (χ1) is 14.4. The molecule has 2 heterocycles. The van der Waals surface area contributed by atoms with Crippen LogP contribution < -0.4 is 10.3 Å². The molecule has 0 aliphatic heterocycles. The molecule has 4 aromatic rings. The average molecular weight is 402 g/mol. The number of benzene rings is 2. The molecule has 0 unspecified atom stereocenters. The number of hydrogen-bond donors (Lipinski definition) is 2. The molecule has 7 heteroatoms. The molecule has 0 saturated heterocycles. The van der Waals surface area contributed by atoms with Gasteiger partial charge in [0, 0.05) is 12.7 Å². The van der Waals surface area contributed by atoms with E-state index in [1.54, 1.807) is 26.3 Å². The molecule has 2 aromatic carbocycles. The van der Waals surface area contributed by atoms with Gasteiger partial charge in [0.25, 0.3) is 11.5 Å². The number of carbonyl (C=O) groups excluding carboxylic acids is 1. The van der Waals surface area contributed by atoms with Crippen LogP contribution in [0.2, 0.25) is 0 Å². The zero-order chi connectivity index (χ0) is 21.3. The zero-order valence-electron chi connectivity index (χ0n) is 17.0. The summed E-state index contributed by atoms with van der Waals surface area (Å²) in [4.78, 5) is 37.4. The van der Waals surface area contributed by atoms with Gasteiger partial charge in [-0.2, -0.15) is 0 Å². The van der Waals surface area contributed by atoms with Crippen LogP contribution in [0.25, 0.3) is 22.3 Å². The zero-order valence-corrected chi connectivity index (χ0v) is 17.0. The van der Waals surface area contributed by atoms with E-state index in [4.69, 9.17) is 4.74 Å². The number of nitrogens with one attached hydrogen (secondary N) is 2. The SMILES string of the molecule is COc1ccc(-c2ccc(C(=O)N(C)Cc3nc4ccc(C)cc4[nH]3)c(=O)[nH]2)cc1. The largest absolute Gasteiger partial charge is 0.497 e. The molecule has 4 rings (SSSR count). The summed E-state index contributed by atoms with van der Waals surface area (Å²) in [5.41, 5.74) is 4.02. The standard InChI is InChI=1S/C23H22N4O3/c1-14-4-10-19-20(12-14)25-21(24-19)13-27(2)23(29)17-9-11-18(26-22(17)28)15-5-7-16(30-3)8-6-15/h4-12H,13H2,1-3H3,(H,24,25)(H,26,28). The van der Waals surface area contributed by atoms with Crippen LogP contribution in [0.3, 0.4) is 0 Å². The van der Waals surface area contributed by atoms with E-state index in [9.17, 15) is 9.59 Å². The lowest BCUT2D eigenvalue weighted by molar-refractivity contribution is 0.0780. The lowest BCUT2D eigenvalue weighted by Crippen LogP contribution is -2.31. The van der Waals surface area contributed by atoms with Gasteiger partial charge in [0.2, 0.25) is 0 Å². The maximum Gasteiger partial charge on any atom is 0.261 e. The van der Waals surface area contributed by atoms with Gasteiger partial charge in [-0.3, -0.25) is 9.59 Å². The smallest absolute Gasteiger partial charge is 0.261 e. The molecule has 1 amide bonds. The maximum atomic E-state index is 12.8. The van der Waals surface area contributed by atoms with E-state index in [2.05, 4.69) is 15.0 Å². The second-order valence-electron chi connectivity index (χ2n) is 7.21. The van der Waals surface area contributed by atoms with E-state index in [-0.39, 0.29) is 18.0 Å². The molecule has 30 heavy (non-hydrogen) atoms. The van der Waals surface area contributed by atoms with Crippen molar-refractivity contribution in [3.8, 4) is 17.0 Å². The van der Waals surface area contributed by atoms with Crippen molar-refractivity contribution < 1.29 is 9.53 Å². The first-order valence-electron chi connectivity index (χ1n) is 9.53. The lowest BCUT2D eigenvalue weighted by atomic mass is 10.1. The minimum Gasteiger partial charge on any atom is -0.497 e. The Hall–Kier alpha value is -3.87. The fourth-order valence-corrected chi connectivity index (χ4v) is 3.33. The van der Waals surface area contributed by atoms with Crippen molar-refractivity contribution >= 4 is 16.9 Å². The number of hydrogen-bond acceptors (Lipinski definition) is 4. The van der Waals surface area contributed by atoms with Crippen molar-refractivity contribution in [2.45, 2.75) is 13.5 Å². The van der Waals surface area contributed by atoms with Crippen LogP contribution in [-0.4, -0.2) is 39.9 Å². The van der Waals surface area contributed by atoms with Gasteiger partial charge in [0.1, 0.15) is 17.1 Å². The molecule has 0 bridgehead atoms. The van der Waals surface area contributed by atoms with Crippen LogP contribution >= 0.6 is 0 Å². The van der Waals surface area contributed by atoms with Crippen molar-refractivity contribution in [1.29, 1.82) is 0 Å². The Morgan fingerprint density at radius 2 is 1.83 bits per heavy atom. The fourth-order valence-electron chi connectivity index (χ4n) is 3.33. The second kappa shape index (κ2) is 7.87. The van der Waals surface area contributed by atoms with Crippen LogP contribution in [0.4, 0.5) is 0 Å². The molecule has 7 nitrogen and oxygen atoms in total. The summed E-state index contributed by atoms with van der Waals surface area (Å²) < 4.78 is 5.15. The molecule has 0 atom stereocenters. The van der Waals surface area contributed by atoms with Gasteiger partial charge in [-0.05, 0) is 66.6 Å². The lowest BCUT2D eigenvalue weighted by Gasteiger charge is -2.15. The Morgan fingerprint density at radius 1 is 1.07 bits per heavy atom. The normalized spacial score (nSPS) is 10.9. The highest BCUT2D eigenvalue weighted by Gasteiger charge is 2.17. The second-order valence-corrected chi connectivity index (χ2v) is 7.21. The molecule has 0 spiro atoms. The minimum atomic E-state index is -0.430. The van der Waals surface area contributed by atoms with Crippen LogP contribution in [-0.2, 0) is 6.54 Å². The van der Waals surface area contributed by atoms with Gasteiger partial charge in [0.05, 0.1) is 24.7 Å². The van der Waals surface area contributed by atoms with Gasteiger partial charge < -0.3 is 19.6 Å². The van der Waals surface area contributed by atoms with E-state index in [0.29, 0.717) is 11.5 Å². The van der Waals surface area contributed by atoms with Gasteiger partial charge in [0.15, 0.2) is 0 Å². The number of H-pyrrole nitrogens is 2. The quantitative estimate of drug-likeness (QED) is 0.534. The van der Waals surface area contributed by atoms with E-state index < -0.39 is 5.56 Å². The highest BCUT2D eigenvalue weighted by molar-refractivity contribution is 5.94. The van der Waals surface area contributed by atoms with Crippen LogP contribution in [0, 0.1) is 6.92 Å². The summed E-state index contributed by atoms with van der Waals surface area (Å²) in [5, 5.41) is 0. The first-order valence-corrected chi connectivity index (χ1v) is 9.53. The summed E-state index contributed by atoms with van der Waals surface area (Å²) in [6.07, 6.45) is 0. The maximum absolute atomic E-state index is 12.8. The van der Waals surface area contributed by atoms with E-state index in [1.807, 2.05) is 49.4 Å². The molecule has 0 radical (unpaired) electrons. The van der Waals surface area contributed by atoms with Crippen molar-refractivity contribution in [2.75, 3.05) is 14.2 Å². The van der Waals surface area contributed by atoms with E-state index in [0.717, 1.165) is 27.9 Å². The van der Waals surface area contributed by atoms with Gasteiger partial charge in [-0.15, -0.1) is 0 Å². The van der Waals surface area contributed by atoms with Crippen molar-refractivity contribution in [3.63, 3.8) is 0 Å². The topological polar surface area (TPSA) is 91.1 Å². The first kappa shape index (κ1) is 19.4. The van der Waals surface area contributed by atoms with Crippen LogP contribution in [0.5, 0.6) is 5.75 Å². The number of aryl methyl sites for hydroxylation is 1. The summed E-state index contributed by atoms with van der Waals surface area (Å²) in [6, 6.07) is 16.6. The summed E-state index contributed by atoms with van der Waals surface area (Å²) in [7, 11) is 3.25. The third-order valence-corrected chi connectivity index (χ3v) is 4.96. The molecule has 2 aromatic heterocycles. The number of pyridine rings is 1. The third-order valence-electron chi connectivity index (χ3n) is 4.96. The number of ether oxygens (including phenoxy) is 1. The molecule has 0 saturated carbocycles. The highest BCUT2D eigenvalue weighted by atomic mass is 16.5. The summed E-state index contributed by atoms with van der Waals surface area (Å²) >= 11 is 0. The molecule has 152 valence electrons. The van der Waals surface area contributed by atoms with Crippen molar-refractivity contribution in [1.82, 2.24) is 19.9 Å². The number of aromatic nitrogens is 3. The number of rotatable bonds is 5. The molecule has 0 aliphatic rings. The number of nitrogens with zero attached hydrogens (tertiary/aromatic N) is 2. The number of aromatic amines is 2. The summed E-state index contributed by atoms with van der Waals surface area (Å²) in [6.45, 7) is 2.28. The number of fused-ring (bicyclic) bond motifs is 1. The molecule has 2 N–H and O–H groups in total. The number of imidazole rings is 1. The van der Waals surface area contributed by atoms with E-state index in [1.165, 1.54) is 4.90 Å². The molecule has 0 aliphatic carbocycles. The van der Waals surface area contributed by atoms with Crippen LogP contribution in [0.15, 0.2) is 59.4 Å². The third kappa shape index (κ3) is 3.82. The number of carbonyl (C=O) groups is 1. The minimum absolute atomic E-state index is 0.0849. The molecular weight excluding hydrogens is 380 g/mol. The number of amides is 1. The van der Waals surface area contributed by atoms with Crippen molar-refractivity contribution in [3.05, 3.63) is 81.9 Å². The fraction of sp³-hybridized carbons (Fsp3) is 0.174. The summed E-state index contributed by atoms with van der Waals surface area (Å²) in [5.74, 6) is 1.03. The predicted molar refractivity (Wildman–Crippen MR) is 116 cm³/mol. The van der Waals surface area contributed by atoms with Gasteiger partial charge in [-0.1, -0.05) is 6.07 Å². The Bertz CT molecular complexity index is 1270. The highest BCUT2D eigenvalue weighted by Crippen LogP contribution is 2.20.